The van der Waals surface area contributed by atoms with Crippen molar-refractivity contribution in [2.45, 2.75) is 44.6 Å². The maximum atomic E-state index is 13.9. The zero-order chi connectivity index (χ0) is 23.5. The molecule has 0 bridgehead atoms. The summed E-state index contributed by atoms with van der Waals surface area (Å²) in [7, 11) is 1.50. The maximum Gasteiger partial charge on any atom is 0.423 e. The van der Waals surface area contributed by atoms with Gasteiger partial charge in [0.2, 0.25) is 0 Å². The lowest BCUT2D eigenvalue weighted by molar-refractivity contribution is -0.140. The fraction of sp³-hybridized carbons (Fsp3) is 0.476. The van der Waals surface area contributed by atoms with Crippen molar-refractivity contribution in [2.24, 2.45) is 0 Å². The summed E-state index contributed by atoms with van der Waals surface area (Å²) in [4.78, 5) is 24.8. The molecule has 1 aromatic carbocycles. The molecule has 0 amide bonds. The Labute approximate surface area is 182 Å². The van der Waals surface area contributed by atoms with E-state index >= 15 is 0 Å². The van der Waals surface area contributed by atoms with Crippen LogP contribution in [0.25, 0.3) is 0 Å². The van der Waals surface area contributed by atoms with Crippen LogP contribution in [-0.2, 0) is 22.3 Å². The van der Waals surface area contributed by atoms with Gasteiger partial charge in [-0.15, -0.1) is 0 Å². The highest BCUT2D eigenvalue weighted by Crippen LogP contribution is 2.38. The first-order valence-electron chi connectivity index (χ1n) is 10.0. The van der Waals surface area contributed by atoms with Crippen LogP contribution in [0.3, 0.4) is 0 Å². The standard InChI is InChI=1S/C21H24F3N3O5/c1-13(32-10-8-18(28)29)16-7-9-26(16)17-11-25-27(20(30)19(17)21(22,23)24)12-14-3-5-15(31-2)6-4-14/h3-6,11,13,16H,7-10,12H2,1-2H3,(H,28,29)/t13?,16-/m0/s1. The molecule has 2 heterocycles. The van der Waals surface area contributed by atoms with E-state index in [2.05, 4.69) is 5.10 Å². The number of hydrogen-bond acceptors (Lipinski definition) is 6. The summed E-state index contributed by atoms with van der Waals surface area (Å²) in [6.45, 7) is 1.81. The van der Waals surface area contributed by atoms with Gasteiger partial charge in [0.05, 0.1) is 50.7 Å². The van der Waals surface area contributed by atoms with Crippen LogP contribution in [0.5, 0.6) is 5.75 Å². The number of hydrogen-bond donors (Lipinski definition) is 1. The number of carbonyl (C=O) groups is 1. The Balaban J connectivity index is 1.86. The van der Waals surface area contributed by atoms with Gasteiger partial charge in [0.15, 0.2) is 0 Å². The number of ether oxygens (including phenoxy) is 2. The lowest BCUT2D eigenvalue weighted by Gasteiger charge is -2.46. The molecule has 1 aliphatic heterocycles. The Hall–Kier alpha value is -3.08. The molecule has 32 heavy (non-hydrogen) atoms. The predicted molar refractivity (Wildman–Crippen MR) is 109 cm³/mol. The minimum absolute atomic E-state index is 0.0470. The van der Waals surface area contributed by atoms with Gasteiger partial charge < -0.3 is 19.5 Å². The summed E-state index contributed by atoms with van der Waals surface area (Å²) < 4.78 is 53.0. The first-order chi connectivity index (χ1) is 15.1. The van der Waals surface area contributed by atoms with Crippen molar-refractivity contribution < 1.29 is 32.5 Å². The number of benzene rings is 1. The number of rotatable bonds is 9. The maximum absolute atomic E-state index is 13.9. The fourth-order valence-corrected chi connectivity index (χ4v) is 3.62. The third-order valence-electron chi connectivity index (χ3n) is 5.41. The van der Waals surface area contributed by atoms with E-state index in [1.165, 1.54) is 12.0 Å². The van der Waals surface area contributed by atoms with Gasteiger partial charge in [-0.2, -0.15) is 18.3 Å². The van der Waals surface area contributed by atoms with Crippen molar-refractivity contribution in [1.29, 1.82) is 0 Å². The number of carboxylic acids is 1. The molecule has 3 rings (SSSR count). The van der Waals surface area contributed by atoms with Crippen molar-refractivity contribution in [3.8, 4) is 5.75 Å². The Kier molecular flexibility index (Phi) is 7.07. The van der Waals surface area contributed by atoms with Crippen LogP contribution in [0.4, 0.5) is 18.9 Å². The molecule has 0 radical (unpaired) electrons. The zero-order valence-electron chi connectivity index (χ0n) is 17.6. The van der Waals surface area contributed by atoms with E-state index in [0.29, 0.717) is 24.3 Å². The molecular weight excluding hydrogens is 431 g/mol. The molecule has 1 saturated heterocycles. The minimum atomic E-state index is -4.87. The topological polar surface area (TPSA) is 93.9 Å². The van der Waals surface area contributed by atoms with Gasteiger partial charge in [-0.3, -0.25) is 9.59 Å². The lowest BCUT2D eigenvalue weighted by Crippen LogP contribution is -2.55. The van der Waals surface area contributed by atoms with Gasteiger partial charge in [-0.1, -0.05) is 12.1 Å². The average molecular weight is 455 g/mol. The Bertz CT molecular complexity index is 1010. The van der Waals surface area contributed by atoms with Crippen LogP contribution in [-0.4, -0.2) is 53.3 Å². The van der Waals surface area contributed by atoms with E-state index in [4.69, 9.17) is 14.6 Å². The highest BCUT2D eigenvalue weighted by atomic mass is 19.4. The SMILES string of the molecule is COc1ccc(Cn2ncc(N3CC[C@H]3C(C)OCCC(=O)O)c(C(F)(F)F)c2=O)cc1. The molecule has 174 valence electrons. The van der Waals surface area contributed by atoms with Crippen molar-refractivity contribution in [1.82, 2.24) is 9.78 Å². The van der Waals surface area contributed by atoms with Crippen molar-refractivity contribution in [2.75, 3.05) is 25.2 Å². The molecule has 11 heteroatoms. The minimum Gasteiger partial charge on any atom is -0.497 e. The highest BCUT2D eigenvalue weighted by molar-refractivity contribution is 5.66. The summed E-state index contributed by atoms with van der Waals surface area (Å²) in [6, 6.07) is 6.18. The van der Waals surface area contributed by atoms with Crippen LogP contribution >= 0.6 is 0 Å². The number of aromatic nitrogens is 2. The molecule has 0 saturated carbocycles. The van der Waals surface area contributed by atoms with Crippen LogP contribution < -0.4 is 15.2 Å². The predicted octanol–water partition coefficient (Wildman–Crippen LogP) is 2.78. The number of halogens is 3. The van der Waals surface area contributed by atoms with Crippen LogP contribution in [0.1, 0.15) is 30.9 Å². The second kappa shape index (κ2) is 9.60. The van der Waals surface area contributed by atoms with Gasteiger partial charge in [0, 0.05) is 6.54 Å². The number of aliphatic carboxylic acids is 1. The summed E-state index contributed by atoms with van der Waals surface area (Å²) in [6.07, 6.45) is -3.96. The second-order valence-electron chi connectivity index (χ2n) is 7.48. The van der Waals surface area contributed by atoms with Gasteiger partial charge >= 0.3 is 12.1 Å². The third kappa shape index (κ3) is 5.21. The van der Waals surface area contributed by atoms with Crippen LogP contribution in [0.2, 0.25) is 0 Å². The normalized spacial score (nSPS) is 17.0. The Morgan fingerprint density at radius 2 is 2.00 bits per heavy atom. The molecule has 1 N–H and O–H groups in total. The van der Waals surface area contributed by atoms with E-state index in [9.17, 15) is 22.8 Å². The summed E-state index contributed by atoms with van der Waals surface area (Å²) >= 11 is 0. The zero-order valence-corrected chi connectivity index (χ0v) is 17.6. The van der Waals surface area contributed by atoms with Gasteiger partial charge in [0.1, 0.15) is 11.3 Å². The summed E-state index contributed by atoms with van der Waals surface area (Å²) in [5.41, 5.74) is -2.19. The van der Waals surface area contributed by atoms with Crippen molar-refractivity contribution in [3.63, 3.8) is 0 Å². The van der Waals surface area contributed by atoms with Gasteiger partial charge in [-0.25, -0.2) is 4.68 Å². The van der Waals surface area contributed by atoms with Crippen LogP contribution in [0, 0.1) is 0 Å². The number of nitrogens with zero attached hydrogens (tertiary/aromatic N) is 3. The largest absolute Gasteiger partial charge is 0.497 e. The Morgan fingerprint density at radius 1 is 1.31 bits per heavy atom. The highest BCUT2D eigenvalue weighted by Gasteiger charge is 2.43. The summed E-state index contributed by atoms with van der Waals surface area (Å²) in [5.74, 6) is -0.435. The quantitative estimate of drug-likeness (QED) is 0.622. The summed E-state index contributed by atoms with van der Waals surface area (Å²) in [5, 5.41) is 12.7. The third-order valence-corrected chi connectivity index (χ3v) is 5.41. The molecule has 1 aliphatic rings. The van der Waals surface area contributed by atoms with E-state index in [1.807, 2.05) is 0 Å². The number of methoxy groups -OCH3 is 1. The first-order valence-corrected chi connectivity index (χ1v) is 10.0. The molecule has 1 unspecified atom stereocenters. The molecule has 1 aromatic heterocycles. The molecule has 2 aromatic rings. The van der Waals surface area contributed by atoms with E-state index < -0.39 is 35.4 Å². The van der Waals surface area contributed by atoms with Crippen LogP contribution in [0.15, 0.2) is 35.3 Å². The van der Waals surface area contributed by atoms with E-state index in [-0.39, 0.29) is 25.3 Å². The molecular formula is C21H24F3N3O5. The van der Waals surface area contributed by atoms with Crippen molar-refractivity contribution >= 4 is 11.7 Å². The van der Waals surface area contributed by atoms with Gasteiger partial charge in [0.25, 0.3) is 5.56 Å². The van der Waals surface area contributed by atoms with Gasteiger partial charge in [-0.05, 0) is 31.0 Å². The first kappa shape index (κ1) is 23.6. The molecule has 1 fully saturated rings. The van der Waals surface area contributed by atoms with E-state index in [1.54, 1.807) is 31.2 Å². The lowest BCUT2D eigenvalue weighted by atomic mass is 9.96. The number of carboxylic acid groups (broad SMARTS) is 1. The fourth-order valence-electron chi connectivity index (χ4n) is 3.62. The smallest absolute Gasteiger partial charge is 0.423 e. The molecule has 0 aliphatic carbocycles. The molecule has 0 spiro atoms. The second-order valence-corrected chi connectivity index (χ2v) is 7.48. The molecule has 2 atom stereocenters. The average Bonchev–Trinajstić information content (AvgIpc) is 2.68. The monoisotopic (exact) mass is 455 g/mol. The van der Waals surface area contributed by atoms with E-state index in [0.717, 1.165) is 10.9 Å². The number of anilines is 1. The Morgan fingerprint density at radius 3 is 2.53 bits per heavy atom. The molecule has 8 nitrogen and oxygen atoms in total. The number of alkyl halides is 3. The van der Waals surface area contributed by atoms with Crippen molar-refractivity contribution in [3.05, 3.63) is 51.9 Å².